The van der Waals surface area contributed by atoms with E-state index < -0.39 is 17.7 Å². The van der Waals surface area contributed by atoms with Crippen LogP contribution in [0, 0.1) is 0 Å². The Labute approximate surface area is 120 Å². The number of allylic oxidation sites excluding steroid dienone is 4. The Hall–Kier alpha value is -2.02. The second-order valence-corrected chi connectivity index (χ2v) is 5.12. The molecule has 0 bridgehead atoms. The molecule has 21 heavy (non-hydrogen) atoms. The summed E-state index contributed by atoms with van der Waals surface area (Å²) in [6, 6.07) is 3.38. The summed E-state index contributed by atoms with van der Waals surface area (Å²) in [5, 5.41) is 3.07. The van der Waals surface area contributed by atoms with Gasteiger partial charge in [0.05, 0.1) is 19.0 Å². The van der Waals surface area contributed by atoms with Crippen molar-refractivity contribution in [3.8, 4) is 0 Å². The number of rotatable bonds is 2. The number of alkyl halides is 3. The van der Waals surface area contributed by atoms with Crippen LogP contribution < -0.4 is 16.0 Å². The molecule has 7 heteroatoms. The average molecular weight is 296 g/mol. The largest absolute Gasteiger partial charge is 0.413 e. The quantitative estimate of drug-likeness (QED) is 0.880. The van der Waals surface area contributed by atoms with Crippen LogP contribution in [0.4, 0.5) is 24.7 Å². The van der Waals surface area contributed by atoms with Gasteiger partial charge < -0.3 is 10.6 Å². The van der Waals surface area contributed by atoms with E-state index in [0.717, 1.165) is 11.8 Å². The maximum absolute atomic E-state index is 13.1. The van der Waals surface area contributed by atoms with Crippen LogP contribution in [0.1, 0.15) is 18.0 Å². The lowest BCUT2D eigenvalue weighted by atomic mass is 9.87. The third-order valence-electron chi connectivity index (χ3n) is 3.66. The van der Waals surface area contributed by atoms with Gasteiger partial charge in [-0.25, -0.2) is 4.98 Å². The van der Waals surface area contributed by atoms with E-state index >= 15 is 0 Å². The topological polar surface area (TPSA) is 54.2 Å². The summed E-state index contributed by atoms with van der Waals surface area (Å²) in [7, 11) is 0. The first-order chi connectivity index (χ1) is 9.95. The molecule has 1 aromatic rings. The van der Waals surface area contributed by atoms with Crippen molar-refractivity contribution < 1.29 is 13.2 Å². The van der Waals surface area contributed by atoms with Crippen LogP contribution in [0.15, 0.2) is 35.9 Å². The summed E-state index contributed by atoms with van der Waals surface area (Å²) in [6.45, 7) is 1.32. The van der Waals surface area contributed by atoms with Crippen molar-refractivity contribution in [2.75, 3.05) is 24.0 Å². The average Bonchev–Trinajstić information content (AvgIpc) is 2.35. The zero-order valence-electron chi connectivity index (χ0n) is 11.2. The number of halogens is 3. The van der Waals surface area contributed by atoms with Crippen LogP contribution in [0.2, 0.25) is 0 Å². The van der Waals surface area contributed by atoms with Crippen molar-refractivity contribution in [1.29, 1.82) is 0 Å². The van der Waals surface area contributed by atoms with E-state index in [0.29, 0.717) is 19.0 Å². The van der Waals surface area contributed by atoms with E-state index in [9.17, 15) is 13.2 Å². The lowest BCUT2D eigenvalue weighted by Crippen LogP contribution is -2.52. The molecule has 2 heterocycles. The highest BCUT2D eigenvalue weighted by Gasteiger charge is 2.40. The number of nitrogen functional groups attached to an aromatic ring is 1. The number of aromatic nitrogens is 1. The molecule has 0 saturated carbocycles. The Morgan fingerprint density at radius 3 is 2.67 bits per heavy atom. The number of nitrogens with two attached hydrogens (primary N) is 1. The zero-order chi connectivity index (χ0) is 15.0. The van der Waals surface area contributed by atoms with E-state index in [2.05, 4.69) is 10.3 Å². The van der Waals surface area contributed by atoms with Gasteiger partial charge in [0, 0.05) is 23.2 Å². The molecule has 1 fully saturated rings. The summed E-state index contributed by atoms with van der Waals surface area (Å²) in [4.78, 5) is 6.10. The third kappa shape index (κ3) is 2.73. The Morgan fingerprint density at radius 2 is 2.05 bits per heavy atom. The molecule has 3 rings (SSSR count). The van der Waals surface area contributed by atoms with E-state index in [1.807, 2.05) is 4.90 Å². The monoisotopic (exact) mass is 296 g/mol. The number of pyridine rings is 1. The van der Waals surface area contributed by atoms with Gasteiger partial charge in [-0.2, -0.15) is 13.2 Å². The van der Waals surface area contributed by atoms with Crippen molar-refractivity contribution in [3.63, 3.8) is 0 Å². The van der Waals surface area contributed by atoms with Gasteiger partial charge in [-0.15, -0.1) is 0 Å². The molecule has 1 aliphatic heterocycles. The molecular weight excluding hydrogens is 281 g/mol. The summed E-state index contributed by atoms with van der Waals surface area (Å²) in [5.74, 6) is -0.558. The predicted octanol–water partition coefficient (Wildman–Crippen LogP) is 2.52. The van der Waals surface area contributed by atoms with E-state index in [1.54, 1.807) is 18.2 Å². The fourth-order valence-corrected chi connectivity index (χ4v) is 2.53. The van der Waals surface area contributed by atoms with Gasteiger partial charge in [0.15, 0.2) is 0 Å². The smallest absolute Gasteiger partial charge is 0.384 e. The first-order valence-corrected chi connectivity index (χ1v) is 6.62. The fourth-order valence-electron chi connectivity index (χ4n) is 2.53. The number of anilines is 2. The molecule has 1 saturated heterocycles. The molecule has 1 atom stereocenters. The van der Waals surface area contributed by atoms with E-state index in [1.165, 1.54) is 6.08 Å². The lowest BCUT2D eigenvalue weighted by molar-refractivity contribution is -0.0961. The predicted molar refractivity (Wildman–Crippen MR) is 74.6 cm³/mol. The molecule has 0 aromatic carbocycles. The zero-order valence-corrected chi connectivity index (χ0v) is 11.2. The molecule has 1 aromatic heterocycles. The highest BCUT2D eigenvalue weighted by atomic mass is 19.4. The summed E-state index contributed by atoms with van der Waals surface area (Å²) in [6.07, 6.45) is 0.186. The number of hydrogen-bond acceptors (Lipinski definition) is 4. The van der Waals surface area contributed by atoms with Crippen LogP contribution >= 0.6 is 0 Å². The molecule has 1 unspecified atom stereocenters. The van der Waals surface area contributed by atoms with Gasteiger partial charge in [-0.3, -0.25) is 5.32 Å². The Balaban J connectivity index is 1.97. The standard InChI is InChI=1S/C14H15F3N4/c15-14(16,17)11-4-2-1-3-10(11)12-5-9(6-13(18)20-12)21-7-19-8-21/h1-2,4-6,10,19H,3,7-8H2,(H2,18,20). The van der Waals surface area contributed by atoms with E-state index in [4.69, 9.17) is 5.73 Å². The molecule has 2 aliphatic rings. The molecule has 3 N–H and O–H groups in total. The summed E-state index contributed by atoms with van der Waals surface area (Å²) >= 11 is 0. The normalized spacial score (nSPS) is 22.0. The van der Waals surface area contributed by atoms with Crippen molar-refractivity contribution in [3.05, 3.63) is 41.6 Å². The Bertz CT molecular complexity index is 603. The minimum atomic E-state index is -4.36. The minimum Gasteiger partial charge on any atom is -0.384 e. The summed E-state index contributed by atoms with van der Waals surface area (Å²) < 4.78 is 39.4. The molecular formula is C14H15F3N4. The maximum atomic E-state index is 13.1. The first kappa shape index (κ1) is 13.9. The summed E-state index contributed by atoms with van der Waals surface area (Å²) in [5.41, 5.74) is 6.35. The molecule has 4 nitrogen and oxygen atoms in total. The molecule has 0 amide bonds. The molecule has 112 valence electrons. The van der Waals surface area contributed by atoms with Crippen LogP contribution in [-0.2, 0) is 0 Å². The highest BCUT2D eigenvalue weighted by molar-refractivity contribution is 5.56. The van der Waals surface area contributed by atoms with Gasteiger partial charge in [0.25, 0.3) is 0 Å². The SMILES string of the molecule is Nc1cc(N2CNC2)cc(C2CC=CC=C2C(F)(F)F)n1. The van der Waals surface area contributed by atoms with Crippen molar-refractivity contribution >= 4 is 11.5 Å². The fraction of sp³-hybridized carbons (Fsp3) is 0.357. The van der Waals surface area contributed by atoms with Gasteiger partial charge in [0.1, 0.15) is 5.82 Å². The maximum Gasteiger partial charge on any atom is 0.413 e. The molecule has 1 aliphatic carbocycles. The number of hydrogen-bond donors (Lipinski definition) is 2. The molecule has 0 spiro atoms. The van der Waals surface area contributed by atoms with Gasteiger partial charge in [0.2, 0.25) is 0 Å². The van der Waals surface area contributed by atoms with Crippen LogP contribution in [0.5, 0.6) is 0 Å². The van der Waals surface area contributed by atoms with E-state index in [-0.39, 0.29) is 12.2 Å². The van der Waals surface area contributed by atoms with Gasteiger partial charge in [-0.1, -0.05) is 18.2 Å². The van der Waals surface area contributed by atoms with Gasteiger partial charge >= 0.3 is 6.18 Å². The van der Waals surface area contributed by atoms with Crippen LogP contribution in [-0.4, -0.2) is 24.5 Å². The first-order valence-electron chi connectivity index (χ1n) is 6.62. The second-order valence-electron chi connectivity index (χ2n) is 5.12. The highest BCUT2D eigenvalue weighted by Crippen LogP contribution is 2.41. The van der Waals surface area contributed by atoms with Crippen molar-refractivity contribution in [1.82, 2.24) is 10.3 Å². The minimum absolute atomic E-state index is 0.241. The van der Waals surface area contributed by atoms with Crippen molar-refractivity contribution in [2.24, 2.45) is 0 Å². The molecule has 0 radical (unpaired) electrons. The lowest BCUT2D eigenvalue weighted by Gasteiger charge is -2.35. The number of nitrogens with one attached hydrogen (secondary N) is 1. The Morgan fingerprint density at radius 1 is 1.29 bits per heavy atom. The van der Waals surface area contributed by atoms with Crippen molar-refractivity contribution in [2.45, 2.75) is 18.5 Å². The third-order valence-corrected chi connectivity index (χ3v) is 3.66. The van der Waals surface area contributed by atoms with Crippen LogP contribution in [0.3, 0.4) is 0 Å². The number of nitrogens with zero attached hydrogens (tertiary/aromatic N) is 2. The second kappa shape index (κ2) is 5.07. The van der Waals surface area contributed by atoms with Crippen LogP contribution in [0.25, 0.3) is 0 Å². The van der Waals surface area contributed by atoms with Gasteiger partial charge in [-0.05, 0) is 12.5 Å². The Kier molecular flexibility index (Phi) is 3.36.